The van der Waals surface area contributed by atoms with Crippen LogP contribution in [0, 0.1) is 0 Å². The Balaban J connectivity index is 5.07. The number of nitrogens with one attached hydrogen (secondary N) is 2. The average molecular weight is 687 g/mol. The van der Waals surface area contributed by atoms with Crippen LogP contribution in [0.15, 0.2) is 0 Å². The summed E-state index contributed by atoms with van der Waals surface area (Å²) in [5.41, 5.74) is 0. The van der Waals surface area contributed by atoms with E-state index < -0.39 is 16.6 Å². The summed E-state index contributed by atoms with van der Waals surface area (Å²) < 4.78 is 13.9. The first-order valence-electron chi connectivity index (χ1n) is 18.9. The molecule has 0 saturated heterocycles. The fourth-order valence-corrected chi connectivity index (χ4v) is 7.82. The average Bonchev–Trinajstić information content (AvgIpc) is 2.90. The van der Waals surface area contributed by atoms with Crippen LogP contribution in [-0.2, 0) is 13.6 Å². The van der Waals surface area contributed by atoms with Gasteiger partial charge in [0.05, 0.1) is 12.2 Å². The molecule has 0 aromatic rings. The van der Waals surface area contributed by atoms with Gasteiger partial charge in [-0.2, -0.15) is 0 Å². The van der Waals surface area contributed by atoms with Crippen LogP contribution in [0.5, 0.6) is 0 Å². The summed E-state index contributed by atoms with van der Waals surface area (Å²) >= 11 is 0. The third-order valence-corrected chi connectivity index (χ3v) is 19.3. The second kappa shape index (κ2) is 23.2. The summed E-state index contributed by atoms with van der Waals surface area (Å²) in [6, 6.07) is 0. The van der Waals surface area contributed by atoms with Crippen molar-refractivity contribution in [2.45, 2.75) is 174 Å². The number of unbranched alkanes of at least 4 members (excludes halogenated alkanes) is 7. The topological polar surface area (TPSA) is 66.1 Å². The maximum atomic E-state index is 12.3. The van der Waals surface area contributed by atoms with Crippen LogP contribution in [0.3, 0.4) is 0 Å². The number of likely N-dealkylation sites (N-methyl/N-ethyl adjacent to an activating group) is 1. The molecule has 0 spiro atoms. The molecular formula is C37H82N4O3Si2. The van der Waals surface area contributed by atoms with Crippen molar-refractivity contribution in [3.63, 3.8) is 0 Å². The molecule has 0 fully saturated rings. The van der Waals surface area contributed by atoms with Gasteiger partial charge >= 0.3 is 0 Å². The van der Waals surface area contributed by atoms with Gasteiger partial charge in [0.1, 0.15) is 0 Å². The molecule has 0 heterocycles. The molecule has 0 aliphatic carbocycles. The van der Waals surface area contributed by atoms with E-state index in [9.17, 15) is 4.79 Å². The highest BCUT2D eigenvalue weighted by Gasteiger charge is 2.40. The van der Waals surface area contributed by atoms with Gasteiger partial charge in [0.2, 0.25) is 5.91 Å². The monoisotopic (exact) mass is 687 g/mol. The zero-order valence-electron chi connectivity index (χ0n) is 33.5. The summed E-state index contributed by atoms with van der Waals surface area (Å²) in [6.45, 7) is 31.2. The van der Waals surface area contributed by atoms with Crippen LogP contribution < -0.4 is 10.6 Å². The Morgan fingerprint density at radius 3 is 1.76 bits per heavy atom. The number of amides is 1. The van der Waals surface area contributed by atoms with Crippen molar-refractivity contribution in [2.75, 3.05) is 60.4 Å². The molecule has 0 aromatic heterocycles. The summed E-state index contributed by atoms with van der Waals surface area (Å²) in [4.78, 5) is 17.0. The van der Waals surface area contributed by atoms with Crippen LogP contribution in [0.4, 0.5) is 0 Å². The van der Waals surface area contributed by atoms with E-state index in [1.54, 1.807) is 0 Å². The van der Waals surface area contributed by atoms with E-state index in [2.05, 4.69) is 116 Å². The highest BCUT2D eigenvalue weighted by atomic mass is 28.4. The van der Waals surface area contributed by atoms with Gasteiger partial charge in [0, 0.05) is 32.6 Å². The zero-order chi connectivity index (χ0) is 35.4. The highest BCUT2D eigenvalue weighted by Crippen LogP contribution is 2.38. The van der Waals surface area contributed by atoms with E-state index >= 15 is 0 Å². The van der Waals surface area contributed by atoms with Crippen LogP contribution in [0.25, 0.3) is 0 Å². The molecule has 1 amide bonds. The normalized spacial score (nSPS) is 14.7. The number of hydrogen-bond donors (Lipinski definition) is 2. The van der Waals surface area contributed by atoms with Gasteiger partial charge in [0.15, 0.2) is 16.6 Å². The lowest BCUT2D eigenvalue weighted by molar-refractivity contribution is -0.121. The van der Waals surface area contributed by atoms with Crippen LogP contribution in [0.1, 0.15) is 126 Å². The Morgan fingerprint density at radius 1 is 0.696 bits per heavy atom. The van der Waals surface area contributed by atoms with Crippen molar-refractivity contribution in [3.8, 4) is 0 Å². The summed E-state index contributed by atoms with van der Waals surface area (Å²) in [5.74, 6) is 0.212. The lowest BCUT2D eigenvalue weighted by Crippen LogP contribution is -2.51. The van der Waals surface area contributed by atoms with Gasteiger partial charge in [-0.3, -0.25) is 4.79 Å². The van der Waals surface area contributed by atoms with Crippen molar-refractivity contribution < 1.29 is 13.6 Å². The summed E-state index contributed by atoms with van der Waals surface area (Å²) in [7, 11) is 2.68. The van der Waals surface area contributed by atoms with E-state index in [1.165, 1.54) is 38.5 Å². The fraction of sp³-hybridized carbons (Fsp3) is 0.973. The number of carbonyl (C=O) groups excluding carboxylic acids is 1. The molecule has 46 heavy (non-hydrogen) atoms. The van der Waals surface area contributed by atoms with Gasteiger partial charge < -0.3 is 29.3 Å². The Hall–Kier alpha value is -0.296. The standard InChI is InChI=1S/C37H82N4O3Si2/c1-15-16-17-18-19-20-21-26-35(42)39-27-23-22-25-33(43-45(11,12)36(2,3)4)30-38-31-34(44-46(13,14)37(5,6)7)32-41(10)29-24-28-40(8)9/h33-34,38H,15-32H2,1-14H3,(H,39,42). The maximum absolute atomic E-state index is 12.3. The van der Waals surface area contributed by atoms with Crippen molar-refractivity contribution >= 4 is 22.5 Å². The predicted molar refractivity (Wildman–Crippen MR) is 207 cm³/mol. The van der Waals surface area contributed by atoms with E-state index in [-0.39, 0.29) is 28.2 Å². The largest absolute Gasteiger partial charge is 0.413 e. The quantitative estimate of drug-likeness (QED) is 0.0666. The second-order valence-corrected chi connectivity index (χ2v) is 26.8. The number of rotatable bonds is 27. The fourth-order valence-electron chi connectivity index (χ4n) is 5.09. The maximum Gasteiger partial charge on any atom is 0.219 e. The Morgan fingerprint density at radius 2 is 1.22 bits per heavy atom. The highest BCUT2D eigenvalue weighted by molar-refractivity contribution is 6.74. The molecule has 276 valence electrons. The second-order valence-electron chi connectivity index (χ2n) is 17.3. The van der Waals surface area contributed by atoms with Gasteiger partial charge in [-0.25, -0.2) is 0 Å². The van der Waals surface area contributed by atoms with Crippen LogP contribution >= 0.6 is 0 Å². The minimum Gasteiger partial charge on any atom is -0.413 e. The van der Waals surface area contributed by atoms with E-state index in [0.29, 0.717) is 6.42 Å². The predicted octanol–water partition coefficient (Wildman–Crippen LogP) is 8.67. The van der Waals surface area contributed by atoms with Gasteiger partial charge in [0.25, 0.3) is 0 Å². The molecule has 2 unspecified atom stereocenters. The first kappa shape index (κ1) is 45.7. The number of nitrogens with zero attached hydrogens (tertiary/aromatic N) is 2. The molecule has 7 nitrogen and oxygen atoms in total. The molecule has 0 rings (SSSR count). The lowest BCUT2D eigenvalue weighted by atomic mass is 10.1. The third-order valence-electron chi connectivity index (χ3n) is 10.2. The molecular weight excluding hydrogens is 605 g/mol. The Kier molecular flexibility index (Phi) is 23.0. The van der Waals surface area contributed by atoms with E-state index in [0.717, 1.165) is 71.4 Å². The molecule has 0 saturated carbocycles. The van der Waals surface area contributed by atoms with Crippen LogP contribution in [-0.4, -0.2) is 105 Å². The molecule has 0 bridgehead atoms. The SMILES string of the molecule is CCCCCCCCCC(=O)NCCCCC(CNCC(CN(C)CCCN(C)C)O[Si](C)(C)C(C)(C)C)O[Si](C)(C)C(C)(C)C. The van der Waals surface area contributed by atoms with Crippen LogP contribution in [0.2, 0.25) is 36.3 Å². The smallest absolute Gasteiger partial charge is 0.219 e. The molecule has 0 aliphatic rings. The van der Waals surface area contributed by atoms with Crippen molar-refractivity contribution in [3.05, 3.63) is 0 Å². The summed E-state index contributed by atoms with van der Waals surface area (Å²) in [6.07, 6.45) is 13.9. The van der Waals surface area contributed by atoms with Gasteiger partial charge in [-0.15, -0.1) is 0 Å². The van der Waals surface area contributed by atoms with Crippen molar-refractivity contribution in [1.82, 2.24) is 20.4 Å². The molecule has 9 heteroatoms. The summed E-state index contributed by atoms with van der Waals surface area (Å²) in [5, 5.41) is 7.31. The number of hydrogen-bond acceptors (Lipinski definition) is 6. The minimum atomic E-state index is -1.92. The van der Waals surface area contributed by atoms with E-state index in [1.807, 2.05) is 0 Å². The van der Waals surface area contributed by atoms with Gasteiger partial charge in [-0.1, -0.05) is 87.0 Å². The van der Waals surface area contributed by atoms with Crippen molar-refractivity contribution in [2.24, 2.45) is 0 Å². The van der Waals surface area contributed by atoms with E-state index in [4.69, 9.17) is 8.85 Å². The molecule has 0 radical (unpaired) electrons. The zero-order valence-corrected chi connectivity index (χ0v) is 35.5. The molecule has 0 aromatic carbocycles. The first-order valence-corrected chi connectivity index (χ1v) is 24.7. The van der Waals surface area contributed by atoms with Crippen molar-refractivity contribution in [1.29, 1.82) is 0 Å². The Labute approximate surface area is 290 Å². The lowest BCUT2D eigenvalue weighted by Gasteiger charge is -2.41. The molecule has 0 aliphatic heterocycles. The molecule has 2 N–H and O–H groups in total. The molecule has 2 atom stereocenters. The Bertz CT molecular complexity index is 782. The van der Waals surface area contributed by atoms with Gasteiger partial charge in [-0.05, 0) is 103 Å². The number of carbonyl (C=O) groups is 1. The third kappa shape index (κ3) is 21.6. The minimum absolute atomic E-state index is 0.144. The first-order chi connectivity index (χ1) is 21.2.